The minimum absolute atomic E-state index is 0.717. The van der Waals surface area contributed by atoms with Crippen molar-refractivity contribution in [1.29, 1.82) is 0 Å². The first-order chi connectivity index (χ1) is 8.13. The molecule has 0 atom stereocenters. The molecule has 1 rings (SSSR count). The van der Waals surface area contributed by atoms with Gasteiger partial charge in [0.15, 0.2) is 0 Å². The zero-order valence-corrected chi connectivity index (χ0v) is 11.2. The predicted octanol–water partition coefficient (Wildman–Crippen LogP) is 1.96. The fourth-order valence-corrected chi connectivity index (χ4v) is 1.66. The number of likely N-dealkylation sites (N-methyl/N-ethyl adjacent to an activating group) is 1. The third-order valence-electron chi connectivity index (χ3n) is 2.94. The molecule has 0 saturated carbocycles. The molecule has 0 aliphatic carbocycles. The summed E-state index contributed by atoms with van der Waals surface area (Å²) in [5.41, 5.74) is 8.07. The van der Waals surface area contributed by atoms with Crippen molar-refractivity contribution in [2.75, 3.05) is 33.3 Å². The molecule has 3 heteroatoms. The summed E-state index contributed by atoms with van der Waals surface area (Å²) < 4.78 is 5.71. The molecule has 0 fully saturated rings. The summed E-state index contributed by atoms with van der Waals surface area (Å²) in [7, 11) is 2.09. The van der Waals surface area contributed by atoms with Crippen LogP contribution in [-0.2, 0) is 0 Å². The van der Waals surface area contributed by atoms with Crippen molar-refractivity contribution < 1.29 is 4.74 Å². The lowest BCUT2D eigenvalue weighted by Gasteiger charge is -2.15. The van der Waals surface area contributed by atoms with E-state index in [1.165, 1.54) is 11.1 Å². The quantitative estimate of drug-likeness (QED) is 0.736. The lowest BCUT2D eigenvalue weighted by atomic mass is 10.1. The van der Waals surface area contributed by atoms with Gasteiger partial charge in [-0.05, 0) is 50.6 Å². The van der Waals surface area contributed by atoms with E-state index in [1.807, 2.05) is 6.07 Å². The van der Waals surface area contributed by atoms with E-state index < -0.39 is 0 Å². The second kappa shape index (κ2) is 7.30. The summed E-state index contributed by atoms with van der Waals surface area (Å²) in [6.07, 6.45) is 1.03. The number of aryl methyl sites for hydroxylation is 2. The zero-order chi connectivity index (χ0) is 12.7. The Labute approximate surface area is 105 Å². The van der Waals surface area contributed by atoms with Gasteiger partial charge in [-0.2, -0.15) is 0 Å². The maximum atomic E-state index is 5.71. The van der Waals surface area contributed by atoms with Crippen LogP contribution in [-0.4, -0.2) is 38.2 Å². The lowest BCUT2D eigenvalue weighted by Crippen LogP contribution is -2.27. The Balaban J connectivity index is 2.24. The largest absolute Gasteiger partial charge is 0.494 e. The summed E-state index contributed by atoms with van der Waals surface area (Å²) in [5.74, 6) is 0.967. The molecule has 0 amide bonds. The molecule has 3 nitrogen and oxygen atoms in total. The molecule has 0 spiro atoms. The number of nitrogens with two attached hydrogens (primary N) is 1. The molecular weight excluding hydrogens is 212 g/mol. The van der Waals surface area contributed by atoms with Crippen molar-refractivity contribution in [3.8, 4) is 5.75 Å². The first-order valence-electron chi connectivity index (χ1n) is 6.22. The maximum absolute atomic E-state index is 5.71. The summed E-state index contributed by atoms with van der Waals surface area (Å²) in [6.45, 7) is 7.68. The monoisotopic (exact) mass is 236 g/mol. The normalized spacial score (nSPS) is 10.9. The van der Waals surface area contributed by atoms with E-state index in [4.69, 9.17) is 10.5 Å². The number of hydrogen-bond acceptors (Lipinski definition) is 3. The highest BCUT2D eigenvalue weighted by molar-refractivity contribution is 5.33. The fraction of sp³-hybridized carbons (Fsp3) is 0.571. The van der Waals surface area contributed by atoms with Gasteiger partial charge in [-0.3, -0.25) is 0 Å². The van der Waals surface area contributed by atoms with E-state index in [1.54, 1.807) is 0 Å². The van der Waals surface area contributed by atoms with Crippen molar-refractivity contribution in [2.24, 2.45) is 5.73 Å². The molecule has 17 heavy (non-hydrogen) atoms. The Morgan fingerprint density at radius 2 is 1.94 bits per heavy atom. The Morgan fingerprint density at radius 3 is 2.59 bits per heavy atom. The van der Waals surface area contributed by atoms with Crippen LogP contribution in [0, 0.1) is 13.8 Å². The topological polar surface area (TPSA) is 38.5 Å². The fourth-order valence-electron chi connectivity index (χ4n) is 1.66. The van der Waals surface area contributed by atoms with Crippen LogP contribution in [0.25, 0.3) is 0 Å². The molecule has 96 valence electrons. The summed E-state index contributed by atoms with van der Waals surface area (Å²) >= 11 is 0. The third-order valence-corrected chi connectivity index (χ3v) is 2.94. The van der Waals surface area contributed by atoms with E-state index in [0.29, 0.717) is 6.54 Å². The van der Waals surface area contributed by atoms with Crippen molar-refractivity contribution in [3.63, 3.8) is 0 Å². The number of rotatable bonds is 7. The van der Waals surface area contributed by atoms with Gasteiger partial charge in [0.1, 0.15) is 5.75 Å². The lowest BCUT2D eigenvalue weighted by molar-refractivity contribution is 0.265. The zero-order valence-electron chi connectivity index (χ0n) is 11.2. The first-order valence-corrected chi connectivity index (χ1v) is 6.22. The average Bonchev–Trinajstić information content (AvgIpc) is 2.29. The highest BCUT2D eigenvalue weighted by Crippen LogP contribution is 2.16. The van der Waals surface area contributed by atoms with E-state index in [0.717, 1.165) is 31.9 Å². The van der Waals surface area contributed by atoms with E-state index in [2.05, 4.69) is 37.9 Å². The molecule has 0 bridgehead atoms. The van der Waals surface area contributed by atoms with Crippen molar-refractivity contribution in [2.45, 2.75) is 20.3 Å². The van der Waals surface area contributed by atoms with Gasteiger partial charge in [-0.1, -0.05) is 6.07 Å². The van der Waals surface area contributed by atoms with Crippen LogP contribution in [0.4, 0.5) is 0 Å². The van der Waals surface area contributed by atoms with Gasteiger partial charge >= 0.3 is 0 Å². The Hall–Kier alpha value is -1.06. The van der Waals surface area contributed by atoms with Gasteiger partial charge in [0, 0.05) is 19.6 Å². The van der Waals surface area contributed by atoms with E-state index in [9.17, 15) is 0 Å². The number of benzene rings is 1. The first kappa shape index (κ1) is 14.0. The second-order valence-corrected chi connectivity index (χ2v) is 4.54. The van der Waals surface area contributed by atoms with Crippen LogP contribution >= 0.6 is 0 Å². The van der Waals surface area contributed by atoms with Gasteiger partial charge < -0.3 is 15.4 Å². The third kappa shape index (κ3) is 5.20. The number of ether oxygens (including phenoxy) is 1. The molecule has 0 aliphatic rings. The van der Waals surface area contributed by atoms with Crippen LogP contribution in [0.1, 0.15) is 17.5 Å². The SMILES string of the molecule is Cc1ccc(OCCCN(C)CCN)cc1C. The van der Waals surface area contributed by atoms with Gasteiger partial charge in [-0.25, -0.2) is 0 Å². The smallest absolute Gasteiger partial charge is 0.119 e. The number of hydrogen-bond donors (Lipinski definition) is 1. The molecule has 0 saturated heterocycles. The van der Waals surface area contributed by atoms with E-state index >= 15 is 0 Å². The van der Waals surface area contributed by atoms with Crippen LogP contribution < -0.4 is 10.5 Å². The van der Waals surface area contributed by atoms with Crippen molar-refractivity contribution in [3.05, 3.63) is 29.3 Å². The summed E-state index contributed by atoms with van der Waals surface area (Å²) in [6, 6.07) is 6.23. The molecular formula is C14H24N2O. The van der Waals surface area contributed by atoms with Gasteiger partial charge in [-0.15, -0.1) is 0 Å². The summed E-state index contributed by atoms with van der Waals surface area (Å²) in [4.78, 5) is 2.23. The Bertz CT molecular complexity index is 339. The van der Waals surface area contributed by atoms with Crippen molar-refractivity contribution >= 4 is 0 Å². The van der Waals surface area contributed by atoms with Crippen molar-refractivity contribution in [1.82, 2.24) is 4.90 Å². The van der Waals surface area contributed by atoms with Gasteiger partial charge in [0.25, 0.3) is 0 Å². The Morgan fingerprint density at radius 1 is 1.18 bits per heavy atom. The molecule has 0 unspecified atom stereocenters. The minimum atomic E-state index is 0.717. The van der Waals surface area contributed by atoms with E-state index in [-0.39, 0.29) is 0 Å². The van der Waals surface area contributed by atoms with Crippen LogP contribution in [0.5, 0.6) is 5.75 Å². The molecule has 1 aromatic carbocycles. The second-order valence-electron chi connectivity index (χ2n) is 4.54. The summed E-state index contributed by atoms with van der Waals surface area (Å²) in [5, 5.41) is 0. The molecule has 2 N–H and O–H groups in total. The molecule has 0 aromatic heterocycles. The number of nitrogens with zero attached hydrogens (tertiary/aromatic N) is 1. The Kier molecular flexibility index (Phi) is 6.01. The average molecular weight is 236 g/mol. The minimum Gasteiger partial charge on any atom is -0.494 e. The molecule has 0 radical (unpaired) electrons. The maximum Gasteiger partial charge on any atom is 0.119 e. The van der Waals surface area contributed by atoms with Gasteiger partial charge in [0.05, 0.1) is 6.61 Å². The molecule has 0 heterocycles. The molecule has 0 aliphatic heterocycles. The highest BCUT2D eigenvalue weighted by Gasteiger charge is 1.99. The predicted molar refractivity (Wildman–Crippen MR) is 72.6 cm³/mol. The standard InChI is InChI=1S/C14H24N2O/c1-12-5-6-14(11-13(12)2)17-10-4-8-16(3)9-7-15/h5-6,11H,4,7-10,15H2,1-3H3. The van der Waals surface area contributed by atoms with Crippen LogP contribution in [0.15, 0.2) is 18.2 Å². The van der Waals surface area contributed by atoms with Gasteiger partial charge in [0.2, 0.25) is 0 Å². The van der Waals surface area contributed by atoms with Crippen LogP contribution in [0.2, 0.25) is 0 Å². The van der Waals surface area contributed by atoms with Crippen LogP contribution in [0.3, 0.4) is 0 Å². The molecule has 1 aromatic rings. The highest BCUT2D eigenvalue weighted by atomic mass is 16.5.